The lowest BCUT2D eigenvalue weighted by molar-refractivity contribution is 0.260. The fourth-order valence-corrected chi connectivity index (χ4v) is 1.45. The van der Waals surface area contributed by atoms with E-state index in [9.17, 15) is 4.39 Å². The van der Waals surface area contributed by atoms with Crippen LogP contribution in [0.5, 0.6) is 0 Å². The number of hydrogen-bond donors (Lipinski definition) is 2. The summed E-state index contributed by atoms with van der Waals surface area (Å²) in [4.78, 5) is 3.94. The van der Waals surface area contributed by atoms with Crippen molar-refractivity contribution in [2.24, 2.45) is 5.73 Å². The summed E-state index contributed by atoms with van der Waals surface area (Å²) in [6.07, 6.45) is 0. The van der Waals surface area contributed by atoms with Gasteiger partial charge in [-0.25, -0.2) is 4.39 Å². The standard InChI is InChI=1S/C10H9ClFN3O2/c11-8-5(2-1-3-6(8)12)10-14-9(15-17-10)7(13)4-16/h1-3,7,16H,4,13H2. The SMILES string of the molecule is NC(CO)c1noc(-c2cccc(F)c2Cl)n1. The minimum Gasteiger partial charge on any atom is -0.394 e. The molecule has 2 aromatic rings. The zero-order chi connectivity index (χ0) is 12.4. The zero-order valence-electron chi connectivity index (χ0n) is 8.60. The van der Waals surface area contributed by atoms with E-state index in [0.29, 0.717) is 0 Å². The molecular formula is C10H9ClFN3O2. The first-order chi connectivity index (χ1) is 8.13. The number of benzene rings is 1. The topological polar surface area (TPSA) is 85.2 Å². The molecular weight excluding hydrogens is 249 g/mol. The van der Waals surface area contributed by atoms with Gasteiger partial charge in [-0.1, -0.05) is 22.8 Å². The van der Waals surface area contributed by atoms with Crippen LogP contribution in [0.4, 0.5) is 4.39 Å². The number of nitrogens with two attached hydrogens (primary N) is 1. The summed E-state index contributed by atoms with van der Waals surface area (Å²) >= 11 is 5.77. The van der Waals surface area contributed by atoms with Crippen molar-refractivity contribution >= 4 is 11.6 Å². The molecule has 7 heteroatoms. The average molecular weight is 258 g/mol. The van der Waals surface area contributed by atoms with Crippen LogP contribution in [0.1, 0.15) is 11.9 Å². The first-order valence-corrected chi connectivity index (χ1v) is 5.15. The maximum absolute atomic E-state index is 13.2. The van der Waals surface area contributed by atoms with Gasteiger partial charge in [0.25, 0.3) is 5.89 Å². The van der Waals surface area contributed by atoms with Crippen LogP contribution in [0.2, 0.25) is 5.02 Å². The van der Waals surface area contributed by atoms with Crippen molar-refractivity contribution in [3.8, 4) is 11.5 Å². The van der Waals surface area contributed by atoms with Gasteiger partial charge < -0.3 is 15.4 Å². The smallest absolute Gasteiger partial charge is 0.259 e. The Bertz CT molecular complexity index is 532. The van der Waals surface area contributed by atoms with E-state index in [1.165, 1.54) is 12.1 Å². The molecule has 1 unspecified atom stereocenters. The fourth-order valence-electron chi connectivity index (χ4n) is 1.25. The molecule has 0 aliphatic rings. The average Bonchev–Trinajstić information content (AvgIpc) is 2.81. The lowest BCUT2D eigenvalue weighted by Gasteiger charge is -2.00. The molecule has 1 heterocycles. The number of nitrogens with zero attached hydrogens (tertiary/aromatic N) is 2. The van der Waals surface area contributed by atoms with E-state index in [2.05, 4.69) is 10.1 Å². The van der Waals surface area contributed by atoms with Crippen molar-refractivity contribution in [1.29, 1.82) is 0 Å². The van der Waals surface area contributed by atoms with E-state index in [0.717, 1.165) is 0 Å². The molecule has 1 atom stereocenters. The third kappa shape index (κ3) is 2.28. The number of rotatable bonds is 3. The summed E-state index contributed by atoms with van der Waals surface area (Å²) in [5.74, 6) is -0.369. The van der Waals surface area contributed by atoms with Crippen LogP contribution < -0.4 is 5.73 Å². The first-order valence-electron chi connectivity index (χ1n) is 4.78. The Hall–Kier alpha value is -1.50. The van der Waals surface area contributed by atoms with E-state index in [1.807, 2.05) is 0 Å². The summed E-state index contributed by atoms with van der Waals surface area (Å²) in [6, 6.07) is 3.52. The Morgan fingerprint density at radius 2 is 2.29 bits per heavy atom. The second-order valence-electron chi connectivity index (χ2n) is 3.35. The van der Waals surface area contributed by atoms with Gasteiger partial charge in [0.1, 0.15) is 5.82 Å². The number of aliphatic hydroxyl groups is 1. The van der Waals surface area contributed by atoms with Crippen molar-refractivity contribution in [2.45, 2.75) is 6.04 Å². The molecule has 0 amide bonds. The Kier molecular flexibility index (Phi) is 3.37. The highest BCUT2D eigenvalue weighted by Crippen LogP contribution is 2.28. The summed E-state index contributed by atoms with van der Waals surface area (Å²) < 4.78 is 18.1. The Morgan fingerprint density at radius 1 is 1.53 bits per heavy atom. The molecule has 0 aliphatic carbocycles. The van der Waals surface area contributed by atoms with Crippen molar-refractivity contribution < 1.29 is 14.0 Å². The monoisotopic (exact) mass is 257 g/mol. The van der Waals surface area contributed by atoms with Crippen molar-refractivity contribution in [2.75, 3.05) is 6.61 Å². The predicted molar refractivity (Wildman–Crippen MR) is 58.7 cm³/mol. The summed E-state index contributed by atoms with van der Waals surface area (Å²) in [5.41, 5.74) is 5.80. The molecule has 0 fully saturated rings. The van der Waals surface area contributed by atoms with Crippen LogP contribution in [0.15, 0.2) is 22.7 Å². The molecule has 1 aromatic carbocycles. The second kappa shape index (κ2) is 4.79. The van der Waals surface area contributed by atoms with Gasteiger partial charge in [-0.15, -0.1) is 0 Å². The van der Waals surface area contributed by atoms with E-state index in [4.69, 9.17) is 27.0 Å². The van der Waals surface area contributed by atoms with Gasteiger partial charge in [0, 0.05) is 0 Å². The van der Waals surface area contributed by atoms with Crippen LogP contribution in [0, 0.1) is 5.82 Å². The number of hydrogen-bond acceptors (Lipinski definition) is 5. The highest BCUT2D eigenvalue weighted by atomic mass is 35.5. The van der Waals surface area contributed by atoms with Crippen molar-refractivity contribution in [1.82, 2.24) is 10.1 Å². The van der Waals surface area contributed by atoms with E-state index < -0.39 is 11.9 Å². The van der Waals surface area contributed by atoms with Crippen molar-refractivity contribution in [3.63, 3.8) is 0 Å². The second-order valence-corrected chi connectivity index (χ2v) is 3.73. The third-order valence-corrected chi connectivity index (χ3v) is 2.54. The highest BCUT2D eigenvalue weighted by Gasteiger charge is 2.17. The lowest BCUT2D eigenvalue weighted by Crippen LogP contribution is -2.15. The zero-order valence-corrected chi connectivity index (χ0v) is 9.36. The molecule has 0 aliphatic heterocycles. The third-order valence-electron chi connectivity index (χ3n) is 2.15. The van der Waals surface area contributed by atoms with Gasteiger partial charge in [-0.2, -0.15) is 4.98 Å². The van der Waals surface area contributed by atoms with E-state index in [1.54, 1.807) is 6.07 Å². The lowest BCUT2D eigenvalue weighted by atomic mass is 10.2. The summed E-state index contributed by atoms with van der Waals surface area (Å²) in [7, 11) is 0. The van der Waals surface area contributed by atoms with Crippen LogP contribution >= 0.6 is 11.6 Å². The van der Waals surface area contributed by atoms with Gasteiger partial charge >= 0.3 is 0 Å². The quantitative estimate of drug-likeness (QED) is 0.871. The van der Waals surface area contributed by atoms with Gasteiger partial charge in [0.15, 0.2) is 5.82 Å². The number of halogens is 2. The predicted octanol–water partition coefficient (Wildman–Crippen LogP) is 1.52. The minimum absolute atomic E-state index is 0.0633. The van der Waals surface area contributed by atoms with Crippen LogP contribution in [-0.2, 0) is 0 Å². The minimum atomic E-state index is -0.736. The van der Waals surface area contributed by atoms with E-state index >= 15 is 0 Å². The molecule has 0 spiro atoms. The molecule has 0 radical (unpaired) electrons. The maximum atomic E-state index is 13.2. The molecule has 0 saturated heterocycles. The largest absolute Gasteiger partial charge is 0.394 e. The summed E-state index contributed by atoms with van der Waals surface area (Å²) in [6.45, 7) is -0.310. The van der Waals surface area contributed by atoms with Gasteiger partial charge in [-0.05, 0) is 12.1 Å². The van der Waals surface area contributed by atoms with Crippen LogP contribution in [-0.4, -0.2) is 21.9 Å². The van der Waals surface area contributed by atoms with Gasteiger partial charge in [0.2, 0.25) is 0 Å². The molecule has 90 valence electrons. The molecule has 0 bridgehead atoms. The number of aliphatic hydroxyl groups excluding tert-OH is 1. The number of aromatic nitrogens is 2. The summed E-state index contributed by atoms with van der Waals surface area (Å²) in [5, 5.41) is 12.3. The molecule has 17 heavy (non-hydrogen) atoms. The van der Waals surface area contributed by atoms with Crippen LogP contribution in [0.25, 0.3) is 11.5 Å². The molecule has 2 rings (SSSR count). The Morgan fingerprint density at radius 3 is 3.00 bits per heavy atom. The van der Waals surface area contributed by atoms with Gasteiger partial charge in [0.05, 0.1) is 23.2 Å². The normalized spacial score (nSPS) is 12.7. The van der Waals surface area contributed by atoms with Crippen molar-refractivity contribution in [3.05, 3.63) is 34.9 Å². The van der Waals surface area contributed by atoms with Crippen LogP contribution in [0.3, 0.4) is 0 Å². The fraction of sp³-hybridized carbons (Fsp3) is 0.200. The molecule has 1 aromatic heterocycles. The highest BCUT2D eigenvalue weighted by molar-refractivity contribution is 6.33. The molecule has 0 saturated carbocycles. The Balaban J connectivity index is 2.40. The van der Waals surface area contributed by atoms with E-state index in [-0.39, 0.29) is 28.9 Å². The maximum Gasteiger partial charge on any atom is 0.259 e. The van der Waals surface area contributed by atoms with Gasteiger partial charge in [-0.3, -0.25) is 0 Å². The first kappa shape index (κ1) is 12.0. The molecule has 5 nitrogen and oxygen atoms in total. The Labute approximate surface area is 101 Å². The molecule has 3 N–H and O–H groups in total.